The van der Waals surface area contributed by atoms with Crippen LogP contribution in [0.1, 0.15) is 19.3 Å². The molecule has 2 nitrogen and oxygen atoms in total. The molecule has 1 saturated carbocycles. The third kappa shape index (κ3) is 0.882. The van der Waals surface area contributed by atoms with Gasteiger partial charge in [0.05, 0.1) is 5.92 Å². The molecule has 2 fully saturated rings. The SMILES string of the molecule is O=C1O[C@H]2/C=C\C3C=CC([C@@H]1C2)C31CC1. The van der Waals surface area contributed by atoms with Crippen molar-refractivity contribution >= 4 is 5.97 Å². The van der Waals surface area contributed by atoms with E-state index in [0.29, 0.717) is 17.3 Å². The molecule has 0 aromatic rings. The summed E-state index contributed by atoms with van der Waals surface area (Å²) in [6.45, 7) is 0. The number of hydrogen-bond acceptors (Lipinski definition) is 2. The molecule has 1 heterocycles. The molecule has 4 atom stereocenters. The quantitative estimate of drug-likeness (QED) is 0.444. The average Bonchev–Trinajstić information content (AvgIpc) is 2.77. The lowest BCUT2D eigenvalue weighted by atomic mass is 9.74. The zero-order valence-corrected chi connectivity index (χ0v) is 8.56. The fourth-order valence-corrected chi connectivity index (χ4v) is 3.73. The van der Waals surface area contributed by atoms with Crippen molar-refractivity contribution in [2.75, 3.05) is 0 Å². The summed E-state index contributed by atoms with van der Waals surface area (Å²) in [7, 11) is 0. The van der Waals surface area contributed by atoms with E-state index in [-0.39, 0.29) is 18.0 Å². The molecule has 1 saturated heterocycles. The van der Waals surface area contributed by atoms with Crippen LogP contribution in [0.25, 0.3) is 0 Å². The minimum absolute atomic E-state index is 0.0353. The molecule has 1 spiro atoms. The van der Waals surface area contributed by atoms with Crippen LogP contribution in [0.2, 0.25) is 0 Å². The van der Waals surface area contributed by atoms with Crippen molar-refractivity contribution < 1.29 is 9.53 Å². The topological polar surface area (TPSA) is 26.3 Å². The molecule has 15 heavy (non-hydrogen) atoms. The number of allylic oxidation sites excluding steroid dienone is 3. The van der Waals surface area contributed by atoms with Crippen LogP contribution < -0.4 is 0 Å². The van der Waals surface area contributed by atoms with Crippen LogP contribution in [0.15, 0.2) is 24.3 Å². The Balaban J connectivity index is 1.84. The van der Waals surface area contributed by atoms with Gasteiger partial charge >= 0.3 is 5.97 Å². The first-order valence-corrected chi connectivity index (χ1v) is 5.87. The summed E-state index contributed by atoms with van der Waals surface area (Å²) < 4.78 is 5.36. The first-order chi connectivity index (χ1) is 7.29. The summed E-state index contributed by atoms with van der Waals surface area (Å²) in [5.41, 5.74) is 0.412. The van der Waals surface area contributed by atoms with Gasteiger partial charge in [0.25, 0.3) is 0 Å². The average molecular weight is 202 g/mol. The van der Waals surface area contributed by atoms with Gasteiger partial charge in [0.2, 0.25) is 0 Å². The summed E-state index contributed by atoms with van der Waals surface area (Å²) >= 11 is 0. The van der Waals surface area contributed by atoms with E-state index in [4.69, 9.17) is 4.74 Å². The monoisotopic (exact) mass is 202 g/mol. The van der Waals surface area contributed by atoms with Crippen LogP contribution in [0.3, 0.4) is 0 Å². The number of hydrogen-bond donors (Lipinski definition) is 0. The highest BCUT2D eigenvalue weighted by Gasteiger charge is 2.60. The van der Waals surface area contributed by atoms with Gasteiger partial charge in [-0.25, -0.2) is 0 Å². The summed E-state index contributed by atoms with van der Waals surface area (Å²) in [5, 5.41) is 0. The second-order valence-electron chi connectivity index (χ2n) is 5.37. The lowest BCUT2D eigenvalue weighted by Crippen LogP contribution is -2.27. The van der Waals surface area contributed by atoms with Crippen LogP contribution >= 0.6 is 0 Å². The fraction of sp³-hybridized carbons (Fsp3) is 0.615. The van der Waals surface area contributed by atoms with Crippen molar-refractivity contribution in [3.05, 3.63) is 24.3 Å². The lowest BCUT2D eigenvalue weighted by molar-refractivity contribution is -0.144. The van der Waals surface area contributed by atoms with Gasteiger partial charge in [0.1, 0.15) is 6.10 Å². The van der Waals surface area contributed by atoms with Crippen LogP contribution in [-0.4, -0.2) is 12.1 Å². The van der Waals surface area contributed by atoms with Crippen LogP contribution in [0.5, 0.6) is 0 Å². The molecule has 3 aliphatic carbocycles. The third-order valence-corrected chi connectivity index (χ3v) is 4.70. The molecule has 4 rings (SSSR count). The molecular formula is C13H14O2. The van der Waals surface area contributed by atoms with Crippen molar-refractivity contribution in [3.8, 4) is 0 Å². The largest absolute Gasteiger partial charge is 0.458 e. The highest BCUT2D eigenvalue weighted by Crippen LogP contribution is 2.65. The van der Waals surface area contributed by atoms with E-state index in [2.05, 4.69) is 24.3 Å². The van der Waals surface area contributed by atoms with E-state index in [1.54, 1.807) is 0 Å². The van der Waals surface area contributed by atoms with Gasteiger partial charge in [-0.1, -0.05) is 18.2 Å². The van der Waals surface area contributed by atoms with Crippen LogP contribution in [0, 0.1) is 23.2 Å². The van der Waals surface area contributed by atoms with Gasteiger partial charge in [0, 0.05) is 12.3 Å². The molecule has 0 radical (unpaired) electrons. The predicted molar refractivity (Wildman–Crippen MR) is 54.9 cm³/mol. The highest BCUT2D eigenvalue weighted by atomic mass is 16.5. The molecular weight excluding hydrogens is 188 g/mol. The molecule has 0 amide bonds. The smallest absolute Gasteiger partial charge is 0.310 e. The number of esters is 1. The molecule has 0 N–H and O–H groups in total. The van der Waals surface area contributed by atoms with Gasteiger partial charge < -0.3 is 4.74 Å². The Bertz CT molecular complexity index is 389. The summed E-state index contributed by atoms with van der Waals surface area (Å²) in [6, 6.07) is 0. The summed E-state index contributed by atoms with van der Waals surface area (Å²) in [4.78, 5) is 11.8. The third-order valence-electron chi connectivity index (χ3n) is 4.70. The van der Waals surface area contributed by atoms with Gasteiger partial charge in [-0.15, -0.1) is 0 Å². The Morgan fingerprint density at radius 1 is 1.20 bits per heavy atom. The maximum Gasteiger partial charge on any atom is 0.310 e. The van der Waals surface area contributed by atoms with E-state index < -0.39 is 0 Å². The normalized spacial score (nSPS) is 50.0. The Morgan fingerprint density at radius 3 is 2.80 bits per heavy atom. The first kappa shape index (κ1) is 8.14. The molecule has 0 aromatic heterocycles. The van der Waals surface area contributed by atoms with Gasteiger partial charge in [-0.05, 0) is 30.3 Å². The fourth-order valence-electron chi connectivity index (χ4n) is 3.73. The summed E-state index contributed by atoms with van der Waals surface area (Å²) in [6.07, 6.45) is 12.5. The Labute approximate surface area is 89.0 Å². The van der Waals surface area contributed by atoms with E-state index >= 15 is 0 Å². The van der Waals surface area contributed by atoms with E-state index in [0.717, 1.165) is 6.42 Å². The van der Waals surface area contributed by atoms with Gasteiger partial charge in [-0.3, -0.25) is 4.79 Å². The minimum atomic E-state index is 0.0353. The Morgan fingerprint density at radius 2 is 2.00 bits per heavy atom. The zero-order valence-electron chi connectivity index (χ0n) is 8.56. The van der Waals surface area contributed by atoms with Crippen molar-refractivity contribution in [3.63, 3.8) is 0 Å². The van der Waals surface area contributed by atoms with Gasteiger partial charge in [-0.2, -0.15) is 0 Å². The molecule has 1 aliphatic heterocycles. The molecule has 78 valence electrons. The second kappa shape index (κ2) is 2.37. The maximum absolute atomic E-state index is 11.8. The van der Waals surface area contributed by atoms with Crippen molar-refractivity contribution in [2.24, 2.45) is 23.2 Å². The van der Waals surface area contributed by atoms with Crippen molar-refractivity contribution in [1.82, 2.24) is 0 Å². The maximum atomic E-state index is 11.8. The molecule has 4 aliphatic rings. The van der Waals surface area contributed by atoms with Crippen molar-refractivity contribution in [1.29, 1.82) is 0 Å². The van der Waals surface area contributed by atoms with Crippen molar-refractivity contribution in [2.45, 2.75) is 25.4 Å². The number of ether oxygens (including phenoxy) is 1. The number of carbonyl (C=O) groups is 1. The van der Waals surface area contributed by atoms with Gasteiger partial charge in [0.15, 0.2) is 0 Å². The lowest BCUT2D eigenvalue weighted by Gasteiger charge is -2.26. The molecule has 2 unspecified atom stereocenters. The second-order valence-corrected chi connectivity index (χ2v) is 5.37. The van der Waals surface area contributed by atoms with Crippen LogP contribution in [-0.2, 0) is 9.53 Å². The predicted octanol–water partition coefficient (Wildman–Crippen LogP) is 2.07. The standard InChI is InChI=1S/C13H14O2/c14-12-10-7-9(15-12)3-1-8-2-4-11(10)13(8)5-6-13/h1-4,8-11H,5-7H2/b3-1-/t8?,9-,10-,11?/m0/s1. The highest BCUT2D eigenvalue weighted by molar-refractivity contribution is 5.76. The van der Waals surface area contributed by atoms with E-state index in [9.17, 15) is 4.79 Å². The summed E-state index contributed by atoms with van der Waals surface area (Å²) in [5.74, 6) is 1.21. The number of fused-ring (bicyclic) bond motifs is 3. The van der Waals surface area contributed by atoms with E-state index in [1.807, 2.05) is 0 Å². The van der Waals surface area contributed by atoms with Crippen LogP contribution in [0.4, 0.5) is 0 Å². The van der Waals surface area contributed by atoms with E-state index in [1.165, 1.54) is 12.8 Å². The molecule has 2 heteroatoms. The zero-order chi connectivity index (χ0) is 10.0. The molecule has 0 aromatic carbocycles. The first-order valence-electron chi connectivity index (χ1n) is 5.87. The minimum Gasteiger partial charge on any atom is -0.458 e. The Kier molecular flexibility index (Phi) is 1.29. The molecule has 4 bridgehead atoms. The number of rotatable bonds is 0. The Hall–Kier alpha value is -1.05. The number of carbonyl (C=O) groups excluding carboxylic acids is 1.